The topological polar surface area (TPSA) is 92.3 Å². The summed E-state index contributed by atoms with van der Waals surface area (Å²) < 4.78 is 0. The van der Waals surface area contributed by atoms with Crippen LogP contribution in [0, 0.1) is 16.7 Å². The van der Waals surface area contributed by atoms with Crippen LogP contribution in [0.2, 0.25) is 0 Å². The Hall–Kier alpha value is -1.83. The van der Waals surface area contributed by atoms with Gasteiger partial charge < -0.3 is 5.32 Å². The summed E-state index contributed by atoms with van der Waals surface area (Å²) in [6.07, 6.45) is 1.53. The minimum atomic E-state index is -0.527. The van der Waals surface area contributed by atoms with Crippen molar-refractivity contribution in [3.8, 4) is 0 Å². The van der Waals surface area contributed by atoms with Crippen LogP contribution in [0.3, 0.4) is 0 Å². The molecule has 8 heteroatoms. The largest absolute Gasteiger partial charge is 0.300 e. The first-order valence-electron chi connectivity index (χ1n) is 7.69. The zero-order chi connectivity index (χ0) is 16.8. The number of hydrogen-bond donors (Lipinski definition) is 1. The number of fused-ring (bicyclic) bond motifs is 2. The van der Waals surface area contributed by atoms with Gasteiger partial charge in [0.15, 0.2) is 0 Å². The summed E-state index contributed by atoms with van der Waals surface area (Å²) in [6.45, 7) is 6.06. The molecule has 1 aromatic rings. The zero-order valence-electron chi connectivity index (χ0n) is 13.5. The standard InChI is InChI=1S/C15H20N4O3S/c1-14(2)9-4-6-15(14,3)12(22)19(11(9)21)7-5-10(20)17-13-18-16-8-23-13/h8-9H,4-7H2,1-3H3,(H,17,18,20). The van der Waals surface area contributed by atoms with Crippen LogP contribution in [0.25, 0.3) is 0 Å². The van der Waals surface area contributed by atoms with Gasteiger partial charge >= 0.3 is 0 Å². The van der Waals surface area contributed by atoms with Crippen molar-refractivity contribution in [1.29, 1.82) is 0 Å². The third-order valence-electron chi connectivity index (χ3n) is 5.68. The monoisotopic (exact) mass is 336 g/mol. The van der Waals surface area contributed by atoms with Gasteiger partial charge in [-0.3, -0.25) is 19.3 Å². The molecule has 0 spiro atoms. The Labute approximate surface area is 138 Å². The number of nitrogens with one attached hydrogen (secondary N) is 1. The van der Waals surface area contributed by atoms with Gasteiger partial charge in [0.2, 0.25) is 22.9 Å². The maximum absolute atomic E-state index is 12.8. The van der Waals surface area contributed by atoms with Gasteiger partial charge in [-0.2, -0.15) is 0 Å². The molecule has 3 amide bonds. The minimum Gasteiger partial charge on any atom is -0.300 e. The van der Waals surface area contributed by atoms with Crippen LogP contribution in [0.4, 0.5) is 5.13 Å². The Morgan fingerprint density at radius 3 is 2.83 bits per heavy atom. The molecule has 2 bridgehead atoms. The first-order chi connectivity index (χ1) is 10.8. The molecule has 1 N–H and O–H groups in total. The van der Waals surface area contributed by atoms with Gasteiger partial charge in [-0.25, -0.2) is 0 Å². The summed E-state index contributed by atoms with van der Waals surface area (Å²) in [4.78, 5) is 38.7. The van der Waals surface area contributed by atoms with Gasteiger partial charge in [0.1, 0.15) is 5.51 Å². The summed E-state index contributed by atoms with van der Waals surface area (Å²) in [5.41, 5.74) is 0.668. The maximum Gasteiger partial charge on any atom is 0.235 e. The number of anilines is 1. The number of rotatable bonds is 4. The summed E-state index contributed by atoms with van der Waals surface area (Å²) >= 11 is 1.22. The smallest absolute Gasteiger partial charge is 0.235 e. The number of piperidine rings is 1. The van der Waals surface area contributed by atoms with E-state index in [2.05, 4.69) is 15.5 Å². The number of carbonyl (C=O) groups is 3. The summed E-state index contributed by atoms with van der Waals surface area (Å²) in [7, 11) is 0. The molecule has 2 unspecified atom stereocenters. The molecule has 1 saturated carbocycles. The Bertz CT molecular complexity index is 658. The van der Waals surface area contributed by atoms with Crippen LogP contribution >= 0.6 is 11.3 Å². The van der Waals surface area contributed by atoms with Gasteiger partial charge in [-0.05, 0) is 18.3 Å². The maximum atomic E-state index is 12.8. The first kappa shape index (κ1) is 16.0. The Morgan fingerprint density at radius 2 is 2.17 bits per heavy atom. The molecule has 3 rings (SSSR count). The molecule has 2 atom stereocenters. The molecule has 124 valence electrons. The predicted octanol–water partition coefficient (Wildman–Crippen LogP) is 1.68. The van der Waals surface area contributed by atoms with E-state index in [1.165, 1.54) is 21.7 Å². The molecular weight excluding hydrogens is 316 g/mol. The number of nitrogens with zero attached hydrogens (tertiary/aromatic N) is 3. The molecule has 1 saturated heterocycles. The molecule has 1 aromatic heterocycles. The molecule has 2 aliphatic rings. The van der Waals surface area contributed by atoms with Gasteiger partial charge in [0.25, 0.3) is 0 Å². The van der Waals surface area contributed by atoms with Gasteiger partial charge in [-0.1, -0.05) is 32.1 Å². The molecule has 23 heavy (non-hydrogen) atoms. The van der Waals surface area contributed by atoms with E-state index >= 15 is 0 Å². The predicted molar refractivity (Wildman–Crippen MR) is 84.5 cm³/mol. The van der Waals surface area contributed by atoms with Crippen LogP contribution < -0.4 is 5.32 Å². The average molecular weight is 336 g/mol. The SMILES string of the molecule is CC12CCC(C(=O)N(CCC(=O)Nc3nncs3)C1=O)C2(C)C. The lowest BCUT2D eigenvalue weighted by atomic mass is 9.62. The number of carbonyl (C=O) groups excluding carboxylic acids is 3. The van der Waals surface area contributed by atoms with Crippen LogP contribution in [0.15, 0.2) is 5.51 Å². The number of likely N-dealkylation sites (tertiary alicyclic amines) is 1. The number of imide groups is 1. The average Bonchev–Trinajstić information content (AvgIpc) is 3.03. The van der Waals surface area contributed by atoms with Crippen molar-refractivity contribution in [2.45, 2.75) is 40.0 Å². The summed E-state index contributed by atoms with van der Waals surface area (Å²) in [5.74, 6) is -0.704. The van der Waals surface area contributed by atoms with E-state index in [1.807, 2.05) is 20.8 Å². The van der Waals surface area contributed by atoms with E-state index < -0.39 is 5.41 Å². The molecule has 1 aliphatic carbocycles. The highest BCUT2D eigenvalue weighted by atomic mass is 32.1. The Balaban J connectivity index is 1.68. The lowest BCUT2D eigenvalue weighted by Crippen LogP contribution is -2.59. The normalized spacial score (nSPS) is 29.0. The van der Waals surface area contributed by atoms with Gasteiger partial charge in [0.05, 0.1) is 5.41 Å². The highest BCUT2D eigenvalue weighted by Crippen LogP contribution is 2.59. The van der Waals surface area contributed by atoms with E-state index in [0.29, 0.717) is 5.13 Å². The highest BCUT2D eigenvalue weighted by molar-refractivity contribution is 7.13. The lowest BCUT2D eigenvalue weighted by Gasteiger charge is -2.47. The fraction of sp³-hybridized carbons (Fsp3) is 0.667. The van der Waals surface area contributed by atoms with Crippen LogP contribution in [-0.2, 0) is 14.4 Å². The van der Waals surface area contributed by atoms with E-state index in [9.17, 15) is 14.4 Å². The second-order valence-electron chi connectivity index (χ2n) is 6.98. The minimum absolute atomic E-state index is 0.0697. The van der Waals surface area contributed by atoms with Crippen molar-refractivity contribution in [1.82, 2.24) is 15.1 Å². The fourth-order valence-corrected chi connectivity index (χ4v) is 4.20. The molecule has 2 heterocycles. The molecule has 0 aromatic carbocycles. The van der Waals surface area contributed by atoms with Crippen molar-refractivity contribution in [3.05, 3.63) is 5.51 Å². The highest BCUT2D eigenvalue weighted by Gasteiger charge is 2.64. The number of aromatic nitrogens is 2. The quantitative estimate of drug-likeness (QED) is 0.845. The van der Waals surface area contributed by atoms with Crippen LogP contribution in [0.1, 0.15) is 40.0 Å². The number of hydrogen-bond acceptors (Lipinski definition) is 6. The molecule has 0 radical (unpaired) electrons. The third kappa shape index (κ3) is 2.36. The fourth-order valence-electron chi connectivity index (χ4n) is 3.74. The van der Waals surface area contributed by atoms with E-state index in [1.54, 1.807) is 0 Å². The van der Waals surface area contributed by atoms with E-state index in [0.717, 1.165) is 12.8 Å². The van der Waals surface area contributed by atoms with Crippen molar-refractivity contribution >= 4 is 34.2 Å². The zero-order valence-corrected chi connectivity index (χ0v) is 14.3. The molecule has 1 aliphatic heterocycles. The van der Waals surface area contributed by atoms with Crippen molar-refractivity contribution in [2.24, 2.45) is 16.7 Å². The third-order valence-corrected chi connectivity index (χ3v) is 6.28. The number of amides is 3. The molecule has 7 nitrogen and oxygen atoms in total. The van der Waals surface area contributed by atoms with Crippen molar-refractivity contribution in [2.75, 3.05) is 11.9 Å². The van der Waals surface area contributed by atoms with Crippen molar-refractivity contribution < 1.29 is 14.4 Å². The molecule has 2 fully saturated rings. The molecular formula is C15H20N4O3S. The van der Waals surface area contributed by atoms with Gasteiger partial charge in [-0.15, -0.1) is 10.2 Å². The van der Waals surface area contributed by atoms with Gasteiger partial charge in [0, 0.05) is 18.9 Å². The lowest BCUT2D eigenvalue weighted by molar-refractivity contribution is -0.167. The van der Waals surface area contributed by atoms with E-state index in [-0.39, 0.29) is 42.0 Å². The Morgan fingerprint density at radius 1 is 1.43 bits per heavy atom. The second-order valence-corrected chi connectivity index (χ2v) is 7.82. The van der Waals surface area contributed by atoms with Crippen molar-refractivity contribution in [3.63, 3.8) is 0 Å². The summed E-state index contributed by atoms with van der Waals surface area (Å²) in [5, 5.41) is 10.4. The first-order valence-corrected chi connectivity index (χ1v) is 8.57. The summed E-state index contributed by atoms with van der Waals surface area (Å²) in [6, 6.07) is 0. The van der Waals surface area contributed by atoms with Crippen LogP contribution in [-0.4, -0.2) is 39.4 Å². The second kappa shape index (κ2) is 5.36. The van der Waals surface area contributed by atoms with E-state index in [4.69, 9.17) is 0 Å². The van der Waals surface area contributed by atoms with Crippen LogP contribution in [0.5, 0.6) is 0 Å². The Kier molecular flexibility index (Phi) is 3.74.